The minimum Gasteiger partial charge on any atom is -0.497 e. The van der Waals surface area contributed by atoms with Gasteiger partial charge >= 0.3 is 0 Å². The van der Waals surface area contributed by atoms with Gasteiger partial charge in [0.1, 0.15) is 11.4 Å². The fraction of sp³-hybridized carbons (Fsp3) is 0.0952. The normalized spacial score (nSPS) is 11.0. The maximum atomic E-state index is 12.9. The minimum atomic E-state index is -0.280. The molecule has 0 atom stereocenters. The molecule has 154 valence electrons. The number of fused-ring (bicyclic) bond motifs is 1. The van der Waals surface area contributed by atoms with Crippen LogP contribution in [0.1, 0.15) is 16.2 Å². The molecule has 4 aromatic heterocycles. The molecule has 0 fully saturated rings. The molecule has 0 radical (unpaired) electrons. The van der Waals surface area contributed by atoms with E-state index < -0.39 is 0 Å². The zero-order valence-corrected chi connectivity index (χ0v) is 17.3. The first-order chi connectivity index (χ1) is 15.2. The highest BCUT2D eigenvalue weighted by Gasteiger charge is 2.17. The van der Waals surface area contributed by atoms with Crippen molar-refractivity contribution in [3.63, 3.8) is 0 Å². The molecular formula is C21H17N7O2S. The third kappa shape index (κ3) is 3.64. The van der Waals surface area contributed by atoms with E-state index in [1.807, 2.05) is 53.9 Å². The smallest absolute Gasteiger partial charge is 0.255 e. The maximum absolute atomic E-state index is 12.9. The van der Waals surface area contributed by atoms with Gasteiger partial charge in [-0.3, -0.25) is 9.89 Å². The van der Waals surface area contributed by atoms with E-state index >= 15 is 0 Å². The number of rotatable bonds is 6. The highest BCUT2D eigenvalue weighted by Crippen LogP contribution is 2.25. The molecular weight excluding hydrogens is 414 g/mol. The molecule has 1 aromatic carbocycles. The summed E-state index contributed by atoms with van der Waals surface area (Å²) in [6.45, 7) is 0.170. The van der Waals surface area contributed by atoms with Gasteiger partial charge in [0, 0.05) is 5.56 Å². The van der Waals surface area contributed by atoms with Crippen LogP contribution in [0.15, 0.2) is 60.1 Å². The van der Waals surface area contributed by atoms with Gasteiger partial charge in [-0.15, -0.1) is 21.5 Å². The van der Waals surface area contributed by atoms with Gasteiger partial charge in [0.25, 0.3) is 5.91 Å². The Bertz CT molecular complexity index is 1360. The largest absolute Gasteiger partial charge is 0.497 e. The molecule has 1 amide bonds. The molecule has 4 heterocycles. The summed E-state index contributed by atoms with van der Waals surface area (Å²) in [6, 6.07) is 15.2. The highest BCUT2D eigenvalue weighted by molar-refractivity contribution is 7.13. The number of nitrogens with one attached hydrogen (secondary N) is 2. The predicted molar refractivity (Wildman–Crippen MR) is 116 cm³/mol. The fourth-order valence-corrected chi connectivity index (χ4v) is 3.90. The van der Waals surface area contributed by atoms with Crippen LogP contribution in [-0.2, 0) is 6.54 Å². The summed E-state index contributed by atoms with van der Waals surface area (Å²) in [6.07, 6.45) is 1.50. The third-order valence-corrected chi connectivity index (χ3v) is 5.64. The van der Waals surface area contributed by atoms with Crippen molar-refractivity contribution >= 4 is 22.9 Å². The average molecular weight is 431 g/mol. The Kier molecular flexibility index (Phi) is 4.89. The molecule has 0 aliphatic heterocycles. The summed E-state index contributed by atoms with van der Waals surface area (Å²) in [5, 5.41) is 24.7. The third-order valence-electron chi connectivity index (χ3n) is 4.75. The number of carbonyl (C=O) groups excluding carboxylic acids is 1. The molecule has 5 rings (SSSR count). The van der Waals surface area contributed by atoms with Crippen LogP contribution in [-0.4, -0.2) is 43.0 Å². The van der Waals surface area contributed by atoms with Gasteiger partial charge < -0.3 is 10.1 Å². The Morgan fingerprint density at radius 2 is 2.13 bits per heavy atom. The van der Waals surface area contributed by atoms with Gasteiger partial charge in [0.2, 0.25) is 0 Å². The number of benzene rings is 1. The second kappa shape index (κ2) is 8.00. The average Bonchev–Trinajstić information content (AvgIpc) is 3.58. The number of hydrogen-bond donors (Lipinski definition) is 2. The maximum Gasteiger partial charge on any atom is 0.255 e. The van der Waals surface area contributed by atoms with Gasteiger partial charge in [-0.25, -0.2) is 0 Å². The molecule has 5 aromatic rings. The number of ether oxygens (including phenoxy) is 1. The topological polar surface area (TPSA) is 110 Å². The van der Waals surface area contributed by atoms with E-state index in [0.29, 0.717) is 28.5 Å². The van der Waals surface area contributed by atoms with Crippen molar-refractivity contribution in [2.75, 3.05) is 7.11 Å². The van der Waals surface area contributed by atoms with Crippen LogP contribution in [0, 0.1) is 0 Å². The molecule has 0 saturated carbocycles. The van der Waals surface area contributed by atoms with E-state index in [0.717, 1.165) is 16.1 Å². The van der Waals surface area contributed by atoms with Crippen LogP contribution in [0.2, 0.25) is 0 Å². The Balaban J connectivity index is 1.37. The lowest BCUT2D eigenvalue weighted by atomic mass is 10.1. The summed E-state index contributed by atoms with van der Waals surface area (Å²) in [5.74, 6) is 0.951. The molecule has 0 unspecified atom stereocenters. The van der Waals surface area contributed by atoms with Crippen molar-refractivity contribution in [1.29, 1.82) is 0 Å². The van der Waals surface area contributed by atoms with E-state index in [9.17, 15) is 4.79 Å². The number of amides is 1. The summed E-state index contributed by atoms with van der Waals surface area (Å²) in [7, 11) is 1.60. The summed E-state index contributed by atoms with van der Waals surface area (Å²) < 4.78 is 6.91. The number of nitrogens with zero attached hydrogens (tertiary/aromatic N) is 5. The van der Waals surface area contributed by atoms with Crippen LogP contribution in [0.3, 0.4) is 0 Å². The summed E-state index contributed by atoms with van der Waals surface area (Å²) in [5.41, 5.74) is 3.28. The second-order valence-corrected chi connectivity index (χ2v) is 7.60. The SMILES string of the molecule is COc1cccc(-c2[nH]ncc2C(=O)NCc2nnc3ccc(-c4cccs4)nn23)c1. The Hall–Kier alpha value is -4.05. The molecule has 0 bridgehead atoms. The van der Waals surface area contributed by atoms with E-state index in [1.165, 1.54) is 6.20 Å². The first kappa shape index (κ1) is 18.9. The van der Waals surface area contributed by atoms with Crippen LogP contribution in [0.25, 0.3) is 27.5 Å². The highest BCUT2D eigenvalue weighted by atomic mass is 32.1. The zero-order chi connectivity index (χ0) is 21.2. The van der Waals surface area contributed by atoms with Crippen molar-refractivity contribution in [3.8, 4) is 27.6 Å². The molecule has 2 N–H and O–H groups in total. The summed E-state index contributed by atoms with van der Waals surface area (Å²) >= 11 is 1.61. The lowest BCUT2D eigenvalue weighted by Crippen LogP contribution is -2.24. The van der Waals surface area contributed by atoms with Crippen molar-refractivity contribution in [2.45, 2.75) is 6.54 Å². The van der Waals surface area contributed by atoms with Crippen LogP contribution >= 0.6 is 11.3 Å². The second-order valence-electron chi connectivity index (χ2n) is 6.66. The Morgan fingerprint density at radius 1 is 1.19 bits per heavy atom. The van der Waals surface area contributed by atoms with E-state index in [-0.39, 0.29) is 12.5 Å². The van der Waals surface area contributed by atoms with E-state index in [4.69, 9.17) is 4.74 Å². The number of thiophene rings is 1. The number of H-pyrrole nitrogens is 1. The van der Waals surface area contributed by atoms with Crippen molar-refractivity contribution < 1.29 is 9.53 Å². The van der Waals surface area contributed by atoms with Gasteiger partial charge in [0.15, 0.2) is 11.5 Å². The molecule has 0 spiro atoms. The van der Waals surface area contributed by atoms with Crippen LogP contribution in [0.5, 0.6) is 5.75 Å². The number of hydrogen-bond acceptors (Lipinski definition) is 7. The van der Waals surface area contributed by atoms with Gasteiger partial charge in [0.05, 0.1) is 36.0 Å². The molecule has 0 aliphatic carbocycles. The predicted octanol–water partition coefficient (Wildman–Crippen LogP) is 3.18. The summed E-state index contributed by atoms with van der Waals surface area (Å²) in [4.78, 5) is 13.9. The van der Waals surface area contributed by atoms with Gasteiger partial charge in [-0.1, -0.05) is 18.2 Å². The first-order valence-corrected chi connectivity index (χ1v) is 10.3. The lowest BCUT2D eigenvalue weighted by Gasteiger charge is -2.07. The molecule has 0 saturated heterocycles. The number of aromatic nitrogens is 6. The number of methoxy groups -OCH3 is 1. The first-order valence-electron chi connectivity index (χ1n) is 9.44. The van der Waals surface area contributed by atoms with Crippen LogP contribution in [0.4, 0.5) is 0 Å². The number of aromatic amines is 1. The standard InChI is InChI=1S/C21H17N7O2S/c1-30-14-5-2-4-13(10-14)20-15(11-23-26-20)21(29)22-12-19-25-24-18-8-7-16(27-28(18)19)17-6-3-9-31-17/h2-11H,12H2,1H3,(H,22,29)(H,23,26). The van der Waals surface area contributed by atoms with Crippen molar-refractivity contribution in [1.82, 2.24) is 35.3 Å². The van der Waals surface area contributed by atoms with Crippen molar-refractivity contribution in [3.05, 3.63) is 71.5 Å². The molecule has 9 nitrogen and oxygen atoms in total. The Labute approximate surface area is 180 Å². The van der Waals surface area contributed by atoms with Crippen molar-refractivity contribution in [2.24, 2.45) is 0 Å². The van der Waals surface area contributed by atoms with Gasteiger partial charge in [-0.2, -0.15) is 14.7 Å². The fourth-order valence-electron chi connectivity index (χ4n) is 3.21. The molecule has 0 aliphatic rings. The Morgan fingerprint density at radius 3 is 2.97 bits per heavy atom. The van der Waals surface area contributed by atoms with Gasteiger partial charge in [-0.05, 0) is 35.7 Å². The van der Waals surface area contributed by atoms with E-state index in [1.54, 1.807) is 23.0 Å². The quantitative estimate of drug-likeness (QED) is 0.427. The number of carbonyl (C=O) groups is 1. The zero-order valence-electron chi connectivity index (χ0n) is 16.4. The lowest BCUT2D eigenvalue weighted by molar-refractivity contribution is 0.0950. The monoisotopic (exact) mass is 431 g/mol. The van der Waals surface area contributed by atoms with Crippen LogP contribution < -0.4 is 10.1 Å². The molecule has 31 heavy (non-hydrogen) atoms. The minimum absolute atomic E-state index is 0.170. The van der Waals surface area contributed by atoms with E-state index in [2.05, 4.69) is 30.8 Å². The molecule has 10 heteroatoms.